The number of hydrogen-bond donors (Lipinski definition) is 1. The molecular formula is C7H7BrF2N2O2S. The average Bonchev–Trinajstić information content (AvgIpc) is 2.06. The Morgan fingerprint density at radius 2 is 2.07 bits per heavy atom. The first kappa shape index (κ1) is 12.5. The average molecular weight is 301 g/mol. The van der Waals surface area contributed by atoms with E-state index in [0.29, 0.717) is 0 Å². The first-order chi connectivity index (χ1) is 6.75. The molecule has 0 unspecified atom stereocenters. The summed E-state index contributed by atoms with van der Waals surface area (Å²) in [5.41, 5.74) is -0.282. The Balaban J connectivity index is 3.48. The van der Waals surface area contributed by atoms with E-state index in [-0.39, 0.29) is 15.6 Å². The van der Waals surface area contributed by atoms with E-state index >= 15 is 0 Å². The number of primary sulfonamides is 1. The number of nitrogens with two attached hydrogens (primary N) is 1. The van der Waals surface area contributed by atoms with Crippen molar-refractivity contribution in [1.29, 1.82) is 0 Å². The zero-order chi connectivity index (χ0) is 11.8. The molecule has 15 heavy (non-hydrogen) atoms. The van der Waals surface area contributed by atoms with Gasteiger partial charge in [0.15, 0.2) is 5.03 Å². The molecule has 0 aromatic carbocycles. The highest BCUT2D eigenvalue weighted by Gasteiger charge is 2.21. The highest BCUT2D eigenvalue weighted by atomic mass is 79.9. The van der Waals surface area contributed by atoms with Crippen LogP contribution in [0.2, 0.25) is 0 Å². The Morgan fingerprint density at radius 3 is 2.47 bits per heavy atom. The lowest BCUT2D eigenvalue weighted by Gasteiger charge is -2.08. The molecule has 0 radical (unpaired) electrons. The molecule has 0 spiro atoms. The molecule has 4 nitrogen and oxygen atoms in total. The molecule has 0 saturated carbocycles. The summed E-state index contributed by atoms with van der Waals surface area (Å²) in [4.78, 5) is 3.41. The van der Waals surface area contributed by atoms with Gasteiger partial charge >= 0.3 is 0 Å². The number of sulfonamides is 1. The first-order valence-corrected chi connectivity index (χ1v) is 6.05. The van der Waals surface area contributed by atoms with Gasteiger partial charge in [-0.05, 0) is 22.9 Å². The predicted octanol–water partition coefficient (Wildman–Crippen LogP) is 1.74. The first-order valence-electron chi connectivity index (χ1n) is 3.71. The standard InChI is InChI=1S/C7H7BrF2N2O2S/c1-3-5(8)4(6(9)10)2-12-7(3)15(11,13)14/h2,6H,1H3,(H2,11,13,14). The molecule has 1 aromatic heterocycles. The smallest absolute Gasteiger partial charge is 0.243 e. The van der Waals surface area contributed by atoms with Crippen molar-refractivity contribution in [3.8, 4) is 0 Å². The van der Waals surface area contributed by atoms with Crippen molar-refractivity contribution in [3.63, 3.8) is 0 Å². The van der Waals surface area contributed by atoms with E-state index in [4.69, 9.17) is 5.14 Å². The molecule has 0 aliphatic heterocycles. The molecule has 1 rings (SSSR count). The summed E-state index contributed by atoms with van der Waals surface area (Å²) in [6, 6.07) is 0. The van der Waals surface area contributed by atoms with Crippen LogP contribution in [0.4, 0.5) is 8.78 Å². The maximum Gasteiger partial charge on any atom is 0.266 e. The van der Waals surface area contributed by atoms with Gasteiger partial charge in [0.1, 0.15) is 0 Å². The summed E-state index contributed by atoms with van der Waals surface area (Å²) in [6.45, 7) is 1.35. The number of pyridine rings is 1. The van der Waals surface area contributed by atoms with Gasteiger partial charge in [0.05, 0.1) is 5.56 Å². The largest absolute Gasteiger partial charge is 0.266 e. The van der Waals surface area contributed by atoms with Crippen LogP contribution < -0.4 is 5.14 Å². The zero-order valence-electron chi connectivity index (χ0n) is 7.54. The zero-order valence-corrected chi connectivity index (χ0v) is 9.94. The molecule has 0 fully saturated rings. The van der Waals surface area contributed by atoms with Crippen molar-refractivity contribution < 1.29 is 17.2 Å². The molecule has 0 bridgehead atoms. The van der Waals surface area contributed by atoms with Crippen molar-refractivity contribution in [1.82, 2.24) is 4.98 Å². The van der Waals surface area contributed by atoms with E-state index in [2.05, 4.69) is 20.9 Å². The van der Waals surface area contributed by atoms with Crippen LogP contribution in [0.3, 0.4) is 0 Å². The maximum atomic E-state index is 12.4. The molecule has 1 heterocycles. The fourth-order valence-electron chi connectivity index (χ4n) is 1.03. The molecule has 84 valence electrons. The molecule has 1 aromatic rings. The summed E-state index contributed by atoms with van der Waals surface area (Å²) in [7, 11) is -3.98. The van der Waals surface area contributed by atoms with Crippen LogP contribution in [0.15, 0.2) is 15.7 Å². The second-order valence-corrected chi connectivity index (χ2v) is 5.07. The lowest BCUT2D eigenvalue weighted by molar-refractivity contribution is 0.150. The van der Waals surface area contributed by atoms with Crippen LogP contribution in [0.5, 0.6) is 0 Å². The molecule has 0 saturated heterocycles. The van der Waals surface area contributed by atoms with Crippen molar-refractivity contribution >= 4 is 26.0 Å². The molecular weight excluding hydrogens is 294 g/mol. The number of hydrogen-bond acceptors (Lipinski definition) is 3. The highest BCUT2D eigenvalue weighted by Crippen LogP contribution is 2.31. The third-order valence-electron chi connectivity index (χ3n) is 1.73. The summed E-state index contributed by atoms with van der Waals surface area (Å²) >= 11 is 2.88. The van der Waals surface area contributed by atoms with Crippen LogP contribution in [0.25, 0.3) is 0 Å². The fourth-order valence-corrected chi connectivity index (χ4v) is 2.35. The van der Waals surface area contributed by atoms with Crippen LogP contribution in [-0.4, -0.2) is 13.4 Å². The Hall–Kier alpha value is -0.600. The fraction of sp³-hybridized carbons (Fsp3) is 0.286. The molecule has 0 atom stereocenters. The highest BCUT2D eigenvalue weighted by molar-refractivity contribution is 9.10. The van der Waals surface area contributed by atoms with Gasteiger partial charge in [0.2, 0.25) is 0 Å². The topological polar surface area (TPSA) is 73.1 Å². The summed E-state index contributed by atoms with van der Waals surface area (Å²) in [5.74, 6) is 0. The molecule has 0 aliphatic rings. The van der Waals surface area contributed by atoms with Crippen molar-refractivity contribution in [3.05, 3.63) is 21.8 Å². The van der Waals surface area contributed by atoms with Gasteiger partial charge in [-0.3, -0.25) is 0 Å². The number of rotatable bonds is 2. The van der Waals surface area contributed by atoms with Gasteiger partial charge in [0.25, 0.3) is 16.4 Å². The predicted molar refractivity (Wildman–Crippen MR) is 53.0 cm³/mol. The lowest BCUT2D eigenvalue weighted by Crippen LogP contribution is -2.16. The van der Waals surface area contributed by atoms with E-state index in [9.17, 15) is 17.2 Å². The lowest BCUT2D eigenvalue weighted by atomic mass is 10.2. The quantitative estimate of drug-likeness (QED) is 0.904. The Kier molecular flexibility index (Phi) is 3.41. The molecule has 0 amide bonds. The Labute approximate surface area is 93.7 Å². The normalized spacial score (nSPS) is 12.1. The monoisotopic (exact) mass is 300 g/mol. The molecule has 8 heteroatoms. The third-order valence-corrected chi connectivity index (χ3v) is 3.73. The number of halogens is 3. The number of alkyl halides is 2. The SMILES string of the molecule is Cc1c(S(N)(=O)=O)ncc(C(F)F)c1Br. The second-order valence-electron chi connectivity index (χ2n) is 2.80. The molecule has 0 aliphatic carbocycles. The summed E-state index contributed by atoms with van der Waals surface area (Å²) in [5, 5.41) is 4.45. The van der Waals surface area contributed by atoms with Gasteiger partial charge in [-0.25, -0.2) is 27.3 Å². The van der Waals surface area contributed by atoms with Crippen LogP contribution >= 0.6 is 15.9 Å². The van der Waals surface area contributed by atoms with Crippen LogP contribution in [-0.2, 0) is 10.0 Å². The summed E-state index contributed by atoms with van der Waals surface area (Å²) in [6.07, 6.45) is -1.93. The van der Waals surface area contributed by atoms with Gasteiger partial charge in [-0.2, -0.15) is 0 Å². The van der Waals surface area contributed by atoms with Crippen molar-refractivity contribution in [2.24, 2.45) is 5.14 Å². The van der Waals surface area contributed by atoms with Crippen LogP contribution in [0.1, 0.15) is 17.6 Å². The number of aromatic nitrogens is 1. The molecule has 2 N–H and O–H groups in total. The van der Waals surface area contributed by atoms with Crippen molar-refractivity contribution in [2.45, 2.75) is 18.4 Å². The van der Waals surface area contributed by atoms with Gasteiger partial charge < -0.3 is 0 Å². The minimum absolute atomic E-state index is 0.0107. The summed E-state index contributed by atoms with van der Waals surface area (Å²) < 4.78 is 46.8. The third kappa shape index (κ3) is 2.50. The van der Waals surface area contributed by atoms with Gasteiger partial charge in [0, 0.05) is 16.2 Å². The Morgan fingerprint density at radius 1 is 1.53 bits per heavy atom. The second kappa shape index (κ2) is 4.11. The maximum absolute atomic E-state index is 12.4. The van der Waals surface area contributed by atoms with Crippen LogP contribution in [0, 0.1) is 6.92 Å². The van der Waals surface area contributed by atoms with Crippen molar-refractivity contribution in [2.75, 3.05) is 0 Å². The van der Waals surface area contributed by atoms with E-state index in [1.54, 1.807) is 0 Å². The minimum Gasteiger partial charge on any atom is -0.243 e. The van der Waals surface area contributed by atoms with E-state index in [1.807, 2.05) is 0 Å². The Bertz CT molecular complexity index is 490. The number of nitrogens with zero attached hydrogens (tertiary/aromatic N) is 1. The van der Waals surface area contributed by atoms with Gasteiger partial charge in [-0.15, -0.1) is 0 Å². The van der Waals surface area contributed by atoms with E-state index < -0.39 is 21.5 Å². The van der Waals surface area contributed by atoms with E-state index in [1.165, 1.54) is 6.92 Å². The van der Waals surface area contributed by atoms with E-state index in [0.717, 1.165) is 6.20 Å². The van der Waals surface area contributed by atoms with Gasteiger partial charge in [-0.1, -0.05) is 0 Å². The minimum atomic E-state index is -3.98.